The second-order valence-corrected chi connectivity index (χ2v) is 8.32. The number of nitrogens with zero attached hydrogens (tertiary/aromatic N) is 2. The first-order valence-electron chi connectivity index (χ1n) is 10.4. The SMILES string of the molecule is Cc1c(-c2ccc3c(c2)CCC2(CCN(C(=O)NO)CC2)O3)ccc2cccnc12. The number of piperidine rings is 1. The number of urea groups is 1. The molecule has 154 valence electrons. The lowest BCUT2D eigenvalue weighted by molar-refractivity contribution is -0.00877. The molecule has 1 fully saturated rings. The Hall–Kier alpha value is -3.12. The van der Waals surface area contributed by atoms with Crippen molar-refractivity contribution in [1.29, 1.82) is 0 Å². The van der Waals surface area contributed by atoms with Crippen LogP contribution >= 0.6 is 0 Å². The van der Waals surface area contributed by atoms with E-state index < -0.39 is 6.03 Å². The number of fused-ring (bicyclic) bond motifs is 2. The molecular formula is C24H25N3O3. The summed E-state index contributed by atoms with van der Waals surface area (Å²) in [6.45, 7) is 3.30. The van der Waals surface area contributed by atoms with E-state index in [1.807, 2.05) is 12.3 Å². The van der Waals surface area contributed by atoms with E-state index in [0.717, 1.165) is 42.3 Å². The standard InChI is InChI=1S/C24H25N3O3/c1-16-20(6-4-17-3-2-12-25-22(16)17)18-5-7-21-19(15-18)8-9-24(30-21)10-13-27(14-11-24)23(28)26-29/h2-7,12,15,29H,8-11,13-14H2,1H3,(H,26,28). The van der Waals surface area contributed by atoms with Gasteiger partial charge in [0.2, 0.25) is 0 Å². The molecule has 6 heteroatoms. The number of pyridine rings is 1. The Labute approximate surface area is 175 Å². The number of carbonyl (C=O) groups is 1. The molecule has 3 aromatic rings. The van der Waals surface area contributed by atoms with E-state index in [2.05, 4.69) is 48.3 Å². The zero-order valence-corrected chi connectivity index (χ0v) is 17.0. The number of amides is 2. The Kier molecular flexibility index (Phi) is 4.59. The fourth-order valence-electron chi connectivity index (χ4n) is 4.83. The van der Waals surface area contributed by atoms with Crippen molar-refractivity contribution >= 4 is 16.9 Å². The molecule has 2 aliphatic heterocycles. The first-order valence-corrected chi connectivity index (χ1v) is 10.4. The van der Waals surface area contributed by atoms with Crippen LogP contribution in [0.25, 0.3) is 22.0 Å². The van der Waals surface area contributed by atoms with Crippen LogP contribution in [0, 0.1) is 6.92 Å². The molecule has 2 aromatic carbocycles. The number of aryl methyl sites for hydroxylation is 2. The van der Waals surface area contributed by atoms with Crippen molar-refractivity contribution in [3.63, 3.8) is 0 Å². The number of hydrogen-bond acceptors (Lipinski definition) is 4. The number of likely N-dealkylation sites (tertiary alicyclic amines) is 1. The smallest absolute Gasteiger partial charge is 0.341 e. The lowest BCUT2D eigenvalue weighted by Crippen LogP contribution is -2.52. The van der Waals surface area contributed by atoms with E-state index in [4.69, 9.17) is 9.94 Å². The van der Waals surface area contributed by atoms with Gasteiger partial charge in [-0.1, -0.05) is 24.3 Å². The maximum absolute atomic E-state index is 11.6. The summed E-state index contributed by atoms with van der Waals surface area (Å²) in [7, 11) is 0. The quantitative estimate of drug-likeness (QED) is 0.464. The number of ether oxygens (including phenoxy) is 1. The maximum atomic E-state index is 11.6. The van der Waals surface area contributed by atoms with Gasteiger partial charge in [0.1, 0.15) is 11.4 Å². The maximum Gasteiger partial charge on any atom is 0.341 e. The fraction of sp³-hybridized carbons (Fsp3) is 0.333. The van der Waals surface area contributed by atoms with Gasteiger partial charge in [-0.2, -0.15) is 0 Å². The molecule has 0 atom stereocenters. The zero-order chi connectivity index (χ0) is 20.7. The molecule has 30 heavy (non-hydrogen) atoms. The third-order valence-corrected chi connectivity index (χ3v) is 6.63. The molecule has 0 radical (unpaired) electrons. The van der Waals surface area contributed by atoms with Crippen LogP contribution in [0.4, 0.5) is 4.79 Å². The Morgan fingerprint density at radius 2 is 2.00 bits per heavy atom. The van der Waals surface area contributed by atoms with Crippen molar-refractivity contribution in [3.8, 4) is 16.9 Å². The molecule has 3 heterocycles. The average Bonchev–Trinajstić information content (AvgIpc) is 2.79. The summed E-state index contributed by atoms with van der Waals surface area (Å²) in [6.07, 6.45) is 5.29. The highest BCUT2D eigenvalue weighted by Gasteiger charge is 2.40. The second-order valence-electron chi connectivity index (χ2n) is 8.32. The third kappa shape index (κ3) is 3.17. The molecule has 5 rings (SSSR count). The lowest BCUT2D eigenvalue weighted by atomic mass is 9.82. The Morgan fingerprint density at radius 3 is 2.80 bits per heavy atom. The van der Waals surface area contributed by atoms with Crippen LogP contribution in [0.15, 0.2) is 48.7 Å². The number of rotatable bonds is 1. The minimum atomic E-state index is -0.439. The minimum Gasteiger partial charge on any atom is -0.487 e. The molecule has 0 bridgehead atoms. The van der Waals surface area contributed by atoms with Crippen LogP contribution in [0.3, 0.4) is 0 Å². The summed E-state index contributed by atoms with van der Waals surface area (Å²) in [5.74, 6) is 0.946. The van der Waals surface area contributed by atoms with Crippen molar-refractivity contribution in [2.45, 2.75) is 38.2 Å². The molecule has 1 saturated heterocycles. The zero-order valence-electron chi connectivity index (χ0n) is 17.0. The van der Waals surface area contributed by atoms with Gasteiger partial charge in [0, 0.05) is 37.5 Å². The number of nitrogens with one attached hydrogen (secondary N) is 1. The fourth-order valence-corrected chi connectivity index (χ4v) is 4.83. The van der Waals surface area contributed by atoms with Crippen molar-refractivity contribution in [3.05, 3.63) is 59.8 Å². The predicted molar refractivity (Wildman–Crippen MR) is 115 cm³/mol. The molecule has 0 unspecified atom stereocenters. The largest absolute Gasteiger partial charge is 0.487 e. The van der Waals surface area contributed by atoms with Crippen molar-refractivity contribution < 1.29 is 14.7 Å². The van der Waals surface area contributed by atoms with E-state index in [1.54, 1.807) is 10.4 Å². The van der Waals surface area contributed by atoms with E-state index in [-0.39, 0.29) is 5.60 Å². The molecule has 1 aromatic heterocycles. The summed E-state index contributed by atoms with van der Waals surface area (Å²) in [5, 5.41) is 10.00. The van der Waals surface area contributed by atoms with Crippen LogP contribution in [-0.2, 0) is 6.42 Å². The van der Waals surface area contributed by atoms with Crippen LogP contribution in [0.5, 0.6) is 5.75 Å². The Bertz CT molecular complexity index is 1120. The van der Waals surface area contributed by atoms with Gasteiger partial charge < -0.3 is 9.64 Å². The van der Waals surface area contributed by atoms with Crippen LogP contribution in [-0.4, -0.2) is 39.8 Å². The monoisotopic (exact) mass is 403 g/mol. The van der Waals surface area contributed by atoms with Gasteiger partial charge >= 0.3 is 6.03 Å². The molecule has 2 aliphatic rings. The predicted octanol–water partition coefficient (Wildman–Crippen LogP) is 4.47. The molecular weight excluding hydrogens is 378 g/mol. The number of benzene rings is 2. The number of hydroxylamine groups is 1. The first kappa shape index (κ1) is 18.9. The normalized spacial score (nSPS) is 17.5. The van der Waals surface area contributed by atoms with Gasteiger partial charge in [-0.25, -0.2) is 10.3 Å². The number of hydrogen-bond donors (Lipinski definition) is 2. The highest BCUT2D eigenvalue weighted by Crippen LogP contribution is 2.41. The highest BCUT2D eigenvalue weighted by atomic mass is 16.5. The Balaban J connectivity index is 1.39. The van der Waals surface area contributed by atoms with E-state index in [9.17, 15) is 4.79 Å². The van der Waals surface area contributed by atoms with Gasteiger partial charge in [0.15, 0.2) is 0 Å². The van der Waals surface area contributed by atoms with Crippen LogP contribution in [0.2, 0.25) is 0 Å². The van der Waals surface area contributed by atoms with Crippen molar-refractivity contribution in [2.24, 2.45) is 0 Å². The third-order valence-electron chi connectivity index (χ3n) is 6.63. The van der Waals surface area contributed by atoms with Gasteiger partial charge in [-0.05, 0) is 60.2 Å². The summed E-state index contributed by atoms with van der Waals surface area (Å²) >= 11 is 0. The molecule has 0 aliphatic carbocycles. The first-order chi connectivity index (χ1) is 14.6. The number of carbonyl (C=O) groups excluding carboxylic acids is 1. The molecule has 2 N–H and O–H groups in total. The van der Waals surface area contributed by atoms with E-state index >= 15 is 0 Å². The summed E-state index contributed by atoms with van der Waals surface area (Å²) in [5.41, 5.74) is 7.36. The van der Waals surface area contributed by atoms with Crippen LogP contribution in [0.1, 0.15) is 30.4 Å². The summed E-state index contributed by atoms with van der Waals surface area (Å²) in [6, 6.07) is 14.4. The highest BCUT2D eigenvalue weighted by molar-refractivity contribution is 5.88. The minimum absolute atomic E-state index is 0.219. The van der Waals surface area contributed by atoms with Gasteiger partial charge in [0.05, 0.1) is 5.52 Å². The second kappa shape index (κ2) is 7.29. The molecule has 1 spiro atoms. The van der Waals surface area contributed by atoms with Crippen LogP contribution < -0.4 is 10.2 Å². The number of aromatic nitrogens is 1. The summed E-state index contributed by atoms with van der Waals surface area (Å²) in [4.78, 5) is 17.8. The molecule has 0 saturated carbocycles. The summed E-state index contributed by atoms with van der Waals surface area (Å²) < 4.78 is 6.48. The average molecular weight is 403 g/mol. The molecule has 6 nitrogen and oxygen atoms in total. The van der Waals surface area contributed by atoms with Crippen molar-refractivity contribution in [1.82, 2.24) is 15.4 Å². The van der Waals surface area contributed by atoms with E-state index in [1.165, 1.54) is 22.3 Å². The van der Waals surface area contributed by atoms with Gasteiger partial charge in [0.25, 0.3) is 0 Å². The van der Waals surface area contributed by atoms with E-state index in [0.29, 0.717) is 13.1 Å². The topological polar surface area (TPSA) is 74.7 Å². The van der Waals surface area contributed by atoms with Gasteiger partial charge in [-0.3, -0.25) is 10.2 Å². The van der Waals surface area contributed by atoms with Gasteiger partial charge in [-0.15, -0.1) is 0 Å². The van der Waals surface area contributed by atoms with Crippen molar-refractivity contribution in [2.75, 3.05) is 13.1 Å². The molecule has 2 amide bonds. The lowest BCUT2D eigenvalue weighted by Gasteiger charge is -2.44. The Morgan fingerprint density at radius 1 is 1.17 bits per heavy atom.